The van der Waals surface area contributed by atoms with Gasteiger partial charge in [-0.1, -0.05) is 29.5 Å². The number of hydrogen-bond acceptors (Lipinski definition) is 6. The van der Waals surface area contributed by atoms with Crippen LogP contribution in [0.25, 0.3) is 10.2 Å². The van der Waals surface area contributed by atoms with Gasteiger partial charge in [0, 0.05) is 0 Å². The zero-order valence-corrected chi connectivity index (χ0v) is 15.8. The lowest BCUT2D eigenvalue weighted by molar-refractivity contribution is -0.118. The molecule has 0 fully saturated rings. The molecule has 0 aliphatic carbocycles. The van der Waals surface area contributed by atoms with Gasteiger partial charge in [0.05, 0.1) is 15.1 Å². The van der Waals surface area contributed by atoms with Crippen LogP contribution in [0.5, 0.6) is 5.75 Å². The van der Waals surface area contributed by atoms with Crippen molar-refractivity contribution in [2.24, 2.45) is 0 Å². The third-order valence-electron chi connectivity index (χ3n) is 3.64. The number of amides is 1. The molecule has 2 N–H and O–H groups in total. The molecule has 1 amide bonds. The minimum atomic E-state index is -3.53. The van der Waals surface area contributed by atoms with E-state index >= 15 is 0 Å². The SMILES string of the molecule is CNS(=O)(=O)c1ccc2nc(NC(=O)COc3ccccc3C)sc2c1. The summed E-state index contributed by atoms with van der Waals surface area (Å²) in [5.74, 6) is 0.309. The highest BCUT2D eigenvalue weighted by Gasteiger charge is 2.14. The van der Waals surface area contributed by atoms with Gasteiger partial charge < -0.3 is 4.74 Å². The van der Waals surface area contributed by atoms with Crippen LogP contribution in [0.2, 0.25) is 0 Å². The number of anilines is 1. The van der Waals surface area contributed by atoms with E-state index in [4.69, 9.17) is 4.74 Å². The Labute approximate surface area is 155 Å². The van der Waals surface area contributed by atoms with Crippen LogP contribution in [0.1, 0.15) is 5.56 Å². The maximum absolute atomic E-state index is 12.1. The van der Waals surface area contributed by atoms with E-state index in [0.29, 0.717) is 21.1 Å². The predicted octanol–water partition coefficient (Wildman–Crippen LogP) is 2.53. The van der Waals surface area contributed by atoms with Gasteiger partial charge in [0.2, 0.25) is 10.0 Å². The average molecular weight is 391 g/mol. The molecule has 3 rings (SSSR count). The van der Waals surface area contributed by atoms with Crippen molar-refractivity contribution in [1.29, 1.82) is 0 Å². The standard InChI is InChI=1S/C17H17N3O4S2/c1-11-5-3-4-6-14(11)24-10-16(21)20-17-19-13-8-7-12(9-15(13)25-17)26(22,23)18-2/h3-9,18H,10H2,1-2H3,(H,19,20,21). The van der Waals surface area contributed by atoms with Crippen molar-refractivity contribution in [1.82, 2.24) is 9.71 Å². The van der Waals surface area contributed by atoms with Gasteiger partial charge in [-0.25, -0.2) is 18.1 Å². The summed E-state index contributed by atoms with van der Waals surface area (Å²) in [6, 6.07) is 12.0. The summed E-state index contributed by atoms with van der Waals surface area (Å²) in [7, 11) is -2.17. The van der Waals surface area contributed by atoms with E-state index in [1.165, 1.54) is 30.5 Å². The second-order valence-corrected chi connectivity index (χ2v) is 8.38. The molecule has 1 heterocycles. The van der Waals surface area contributed by atoms with Crippen molar-refractivity contribution < 1.29 is 17.9 Å². The second-order valence-electron chi connectivity index (χ2n) is 5.46. The first-order valence-corrected chi connectivity index (χ1v) is 10.0. The fourth-order valence-electron chi connectivity index (χ4n) is 2.26. The Morgan fingerprint density at radius 3 is 2.73 bits per heavy atom. The van der Waals surface area contributed by atoms with Crippen LogP contribution >= 0.6 is 11.3 Å². The number of hydrogen-bond donors (Lipinski definition) is 2. The molecule has 136 valence electrons. The second kappa shape index (κ2) is 7.40. The Kier molecular flexibility index (Phi) is 5.21. The van der Waals surface area contributed by atoms with Crippen molar-refractivity contribution in [2.45, 2.75) is 11.8 Å². The van der Waals surface area contributed by atoms with Gasteiger partial charge in [0.15, 0.2) is 11.7 Å². The maximum Gasteiger partial charge on any atom is 0.264 e. The number of benzene rings is 2. The molecular weight excluding hydrogens is 374 g/mol. The van der Waals surface area contributed by atoms with Crippen LogP contribution in [-0.4, -0.2) is 33.0 Å². The van der Waals surface area contributed by atoms with Crippen molar-refractivity contribution in [3.63, 3.8) is 0 Å². The highest BCUT2D eigenvalue weighted by Crippen LogP contribution is 2.28. The number of carbonyl (C=O) groups is 1. The molecule has 9 heteroatoms. The van der Waals surface area contributed by atoms with Crippen LogP contribution in [0, 0.1) is 6.92 Å². The Morgan fingerprint density at radius 2 is 2.00 bits per heavy atom. The number of sulfonamides is 1. The first-order valence-electron chi connectivity index (χ1n) is 7.71. The van der Waals surface area contributed by atoms with Crippen LogP contribution in [0.3, 0.4) is 0 Å². The maximum atomic E-state index is 12.1. The molecule has 0 aliphatic heterocycles. The molecule has 0 aliphatic rings. The topological polar surface area (TPSA) is 97.4 Å². The van der Waals surface area contributed by atoms with Gasteiger partial charge in [-0.2, -0.15) is 0 Å². The van der Waals surface area contributed by atoms with Crippen molar-refractivity contribution in [3.8, 4) is 5.75 Å². The third kappa shape index (κ3) is 4.01. The van der Waals surface area contributed by atoms with Crippen LogP contribution < -0.4 is 14.8 Å². The lowest BCUT2D eigenvalue weighted by Gasteiger charge is -2.07. The molecule has 0 saturated carbocycles. The summed E-state index contributed by atoms with van der Waals surface area (Å²) in [5.41, 5.74) is 1.55. The van der Waals surface area contributed by atoms with Gasteiger partial charge in [-0.05, 0) is 43.8 Å². The smallest absolute Gasteiger partial charge is 0.264 e. The molecule has 26 heavy (non-hydrogen) atoms. The summed E-state index contributed by atoms with van der Waals surface area (Å²) < 4.78 is 32.2. The summed E-state index contributed by atoms with van der Waals surface area (Å²) in [4.78, 5) is 16.5. The normalized spacial score (nSPS) is 11.5. The lowest BCUT2D eigenvalue weighted by Crippen LogP contribution is -2.20. The quantitative estimate of drug-likeness (QED) is 0.673. The van der Waals surface area contributed by atoms with E-state index in [0.717, 1.165) is 5.56 Å². The monoisotopic (exact) mass is 391 g/mol. The largest absolute Gasteiger partial charge is 0.483 e. The fourth-order valence-corrected chi connectivity index (χ4v) is 4.01. The van der Waals surface area contributed by atoms with Crippen molar-refractivity contribution in [3.05, 3.63) is 48.0 Å². The van der Waals surface area contributed by atoms with E-state index in [2.05, 4.69) is 15.0 Å². The number of nitrogens with one attached hydrogen (secondary N) is 2. The minimum Gasteiger partial charge on any atom is -0.483 e. The van der Waals surface area contributed by atoms with E-state index in [1.807, 2.05) is 25.1 Å². The molecule has 2 aromatic carbocycles. The Morgan fingerprint density at radius 1 is 1.23 bits per heavy atom. The summed E-state index contributed by atoms with van der Waals surface area (Å²) in [6.45, 7) is 1.76. The van der Waals surface area contributed by atoms with Crippen LogP contribution in [0.15, 0.2) is 47.4 Å². The number of aromatic nitrogens is 1. The zero-order valence-electron chi connectivity index (χ0n) is 14.1. The Hall–Kier alpha value is -2.49. The number of nitrogens with zero attached hydrogens (tertiary/aromatic N) is 1. The molecule has 0 spiro atoms. The summed E-state index contributed by atoms with van der Waals surface area (Å²) >= 11 is 1.20. The van der Waals surface area contributed by atoms with Crippen LogP contribution in [0.4, 0.5) is 5.13 Å². The molecule has 1 aromatic heterocycles. The van der Waals surface area contributed by atoms with Crippen LogP contribution in [-0.2, 0) is 14.8 Å². The molecular formula is C17H17N3O4S2. The van der Waals surface area contributed by atoms with E-state index in [9.17, 15) is 13.2 Å². The van der Waals surface area contributed by atoms with E-state index in [-0.39, 0.29) is 17.4 Å². The first kappa shape index (κ1) is 18.3. The highest BCUT2D eigenvalue weighted by atomic mass is 32.2. The third-order valence-corrected chi connectivity index (χ3v) is 5.98. The number of aryl methyl sites for hydroxylation is 1. The number of thiazole rings is 1. The van der Waals surface area contributed by atoms with E-state index < -0.39 is 10.0 Å². The zero-order chi connectivity index (χ0) is 18.7. The van der Waals surface area contributed by atoms with Gasteiger partial charge in [0.1, 0.15) is 5.75 Å². The Balaban J connectivity index is 1.70. The molecule has 0 bridgehead atoms. The molecule has 0 radical (unpaired) electrons. The predicted molar refractivity (Wildman–Crippen MR) is 101 cm³/mol. The van der Waals surface area contributed by atoms with E-state index in [1.54, 1.807) is 12.1 Å². The minimum absolute atomic E-state index is 0.139. The number of ether oxygens (including phenoxy) is 1. The van der Waals surface area contributed by atoms with Gasteiger partial charge in [-0.15, -0.1) is 0 Å². The number of rotatable bonds is 6. The molecule has 3 aromatic rings. The Bertz CT molecular complexity index is 1060. The van der Waals surface area contributed by atoms with Crippen molar-refractivity contribution >= 4 is 42.6 Å². The molecule has 0 unspecified atom stereocenters. The lowest BCUT2D eigenvalue weighted by atomic mass is 10.2. The number of carbonyl (C=O) groups excluding carboxylic acids is 1. The highest BCUT2D eigenvalue weighted by molar-refractivity contribution is 7.89. The molecule has 7 nitrogen and oxygen atoms in total. The summed E-state index contributed by atoms with van der Waals surface area (Å²) in [6.07, 6.45) is 0. The van der Waals surface area contributed by atoms with Gasteiger partial charge >= 0.3 is 0 Å². The fraction of sp³-hybridized carbons (Fsp3) is 0.176. The molecule has 0 saturated heterocycles. The number of para-hydroxylation sites is 1. The van der Waals surface area contributed by atoms with Gasteiger partial charge in [-0.3, -0.25) is 10.1 Å². The molecule has 0 atom stereocenters. The van der Waals surface area contributed by atoms with Gasteiger partial charge in [0.25, 0.3) is 5.91 Å². The van der Waals surface area contributed by atoms with Crippen molar-refractivity contribution in [2.75, 3.05) is 19.0 Å². The average Bonchev–Trinajstić information content (AvgIpc) is 3.02. The summed E-state index contributed by atoms with van der Waals surface area (Å²) in [5, 5.41) is 3.06. The first-order chi connectivity index (χ1) is 12.4. The number of fused-ring (bicyclic) bond motifs is 1.